The lowest BCUT2D eigenvalue weighted by Gasteiger charge is -1.81. The van der Waals surface area contributed by atoms with Gasteiger partial charge in [-0.15, -0.1) is 0 Å². The van der Waals surface area contributed by atoms with Gasteiger partial charge in [-0.1, -0.05) is 20.4 Å². The van der Waals surface area contributed by atoms with Gasteiger partial charge in [-0.3, -0.25) is 0 Å². The summed E-state index contributed by atoms with van der Waals surface area (Å²) in [6, 6.07) is 0. The summed E-state index contributed by atoms with van der Waals surface area (Å²) >= 11 is 0. The van der Waals surface area contributed by atoms with E-state index in [9.17, 15) is 0 Å². The molecule has 0 saturated heterocycles. The third-order valence-electron chi connectivity index (χ3n) is 0.454. The van der Waals surface area contributed by atoms with Crippen molar-refractivity contribution in [2.75, 3.05) is 6.54 Å². The van der Waals surface area contributed by atoms with Crippen molar-refractivity contribution in [1.29, 1.82) is 0 Å². The highest BCUT2D eigenvalue weighted by Crippen LogP contribution is 1.79. The SMILES string of the molecule is C=C(N)CC.CCN. The molecule has 0 spiro atoms. The quantitative estimate of drug-likeness (QED) is 0.533. The summed E-state index contributed by atoms with van der Waals surface area (Å²) in [5.74, 6) is 0. The summed E-state index contributed by atoms with van der Waals surface area (Å²) in [7, 11) is 0. The fraction of sp³-hybridized carbons (Fsp3) is 0.667. The van der Waals surface area contributed by atoms with Crippen LogP contribution in [0.3, 0.4) is 0 Å². The molecule has 0 heterocycles. The van der Waals surface area contributed by atoms with Crippen LogP contribution >= 0.6 is 0 Å². The van der Waals surface area contributed by atoms with Gasteiger partial charge in [0.2, 0.25) is 0 Å². The zero-order valence-electron chi connectivity index (χ0n) is 5.78. The average Bonchev–Trinajstić information content (AvgIpc) is 1.69. The van der Waals surface area contributed by atoms with Gasteiger partial charge in [-0.05, 0) is 13.0 Å². The number of allylic oxidation sites excluding steroid dienone is 1. The van der Waals surface area contributed by atoms with Crippen molar-refractivity contribution >= 4 is 0 Å². The molecule has 0 aliphatic heterocycles. The van der Waals surface area contributed by atoms with Gasteiger partial charge in [-0.2, -0.15) is 0 Å². The smallest absolute Gasteiger partial charge is 0.000466 e. The Balaban J connectivity index is 0. The molecule has 0 rings (SSSR count). The minimum absolute atomic E-state index is 0.750. The zero-order valence-corrected chi connectivity index (χ0v) is 5.78. The minimum Gasteiger partial charge on any atom is -0.403 e. The molecule has 0 fully saturated rings. The second-order valence-electron chi connectivity index (χ2n) is 1.42. The van der Waals surface area contributed by atoms with Crippen molar-refractivity contribution in [3.8, 4) is 0 Å². The Morgan fingerprint density at radius 3 is 1.62 bits per heavy atom. The molecular formula is C6H16N2. The van der Waals surface area contributed by atoms with E-state index in [4.69, 9.17) is 11.5 Å². The van der Waals surface area contributed by atoms with Crippen molar-refractivity contribution in [2.24, 2.45) is 11.5 Å². The van der Waals surface area contributed by atoms with Crippen molar-refractivity contribution in [3.05, 3.63) is 12.3 Å². The molecule has 8 heavy (non-hydrogen) atoms. The highest BCUT2D eigenvalue weighted by molar-refractivity contribution is 4.82. The second kappa shape index (κ2) is 9.71. The Morgan fingerprint density at radius 1 is 1.50 bits per heavy atom. The van der Waals surface area contributed by atoms with Crippen LogP contribution in [-0.2, 0) is 0 Å². The summed E-state index contributed by atoms with van der Waals surface area (Å²) in [4.78, 5) is 0. The van der Waals surface area contributed by atoms with E-state index in [2.05, 4.69) is 6.58 Å². The molecule has 2 heteroatoms. The predicted octanol–water partition coefficient (Wildman–Crippen LogP) is 0.834. The third kappa shape index (κ3) is 49.5. The van der Waals surface area contributed by atoms with E-state index in [1.54, 1.807) is 0 Å². The van der Waals surface area contributed by atoms with E-state index in [0.29, 0.717) is 0 Å². The standard InChI is InChI=1S/C4H9N.C2H7N/c1-3-4(2)5;1-2-3/h2-3,5H2,1H3;2-3H2,1H3. The van der Waals surface area contributed by atoms with E-state index in [1.165, 1.54) is 0 Å². The van der Waals surface area contributed by atoms with Crippen molar-refractivity contribution < 1.29 is 0 Å². The molecule has 2 nitrogen and oxygen atoms in total. The molecular weight excluding hydrogens is 100 g/mol. The maximum Gasteiger partial charge on any atom is 0.000466 e. The summed E-state index contributed by atoms with van der Waals surface area (Å²) in [5, 5.41) is 0. The number of hydrogen-bond acceptors (Lipinski definition) is 2. The number of rotatable bonds is 1. The average molecular weight is 116 g/mol. The van der Waals surface area contributed by atoms with E-state index >= 15 is 0 Å². The van der Waals surface area contributed by atoms with Crippen LogP contribution in [0.25, 0.3) is 0 Å². The Hall–Kier alpha value is -0.500. The molecule has 0 aliphatic carbocycles. The first-order chi connectivity index (χ1) is 3.68. The first-order valence-corrected chi connectivity index (χ1v) is 2.82. The monoisotopic (exact) mass is 116 g/mol. The van der Waals surface area contributed by atoms with Gasteiger partial charge < -0.3 is 11.5 Å². The van der Waals surface area contributed by atoms with Crippen LogP contribution in [0.2, 0.25) is 0 Å². The molecule has 0 radical (unpaired) electrons. The Bertz CT molecular complexity index is 50.5. The van der Waals surface area contributed by atoms with Crippen LogP contribution in [0, 0.1) is 0 Å². The van der Waals surface area contributed by atoms with Gasteiger partial charge >= 0.3 is 0 Å². The predicted molar refractivity (Wildman–Crippen MR) is 38.3 cm³/mol. The van der Waals surface area contributed by atoms with Gasteiger partial charge in [0.25, 0.3) is 0 Å². The third-order valence-corrected chi connectivity index (χ3v) is 0.454. The van der Waals surface area contributed by atoms with Crippen LogP contribution in [0.1, 0.15) is 20.3 Å². The van der Waals surface area contributed by atoms with Gasteiger partial charge in [0.05, 0.1) is 0 Å². The topological polar surface area (TPSA) is 52.0 Å². The van der Waals surface area contributed by atoms with Crippen LogP contribution in [0.4, 0.5) is 0 Å². The number of hydrogen-bond donors (Lipinski definition) is 2. The number of nitrogens with two attached hydrogens (primary N) is 2. The molecule has 0 aromatic heterocycles. The summed E-state index contributed by atoms with van der Waals surface area (Å²) in [6.45, 7) is 8.08. The fourth-order valence-corrected chi connectivity index (χ4v) is 0. The molecule has 50 valence electrons. The molecule has 0 amide bonds. The van der Waals surface area contributed by atoms with Gasteiger partial charge in [0, 0.05) is 5.70 Å². The molecule has 0 atom stereocenters. The van der Waals surface area contributed by atoms with Crippen LogP contribution in [0.5, 0.6) is 0 Å². The first kappa shape index (κ1) is 10.5. The molecule has 0 unspecified atom stereocenters. The fourth-order valence-electron chi connectivity index (χ4n) is 0. The van der Waals surface area contributed by atoms with E-state index < -0.39 is 0 Å². The normalized spacial score (nSPS) is 6.88. The second-order valence-corrected chi connectivity index (χ2v) is 1.42. The van der Waals surface area contributed by atoms with E-state index in [0.717, 1.165) is 18.7 Å². The Morgan fingerprint density at radius 2 is 1.62 bits per heavy atom. The van der Waals surface area contributed by atoms with Crippen molar-refractivity contribution in [1.82, 2.24) is 0 Å². The molecule has 4 N–H and O–H groups in total. The molecule has 0 bridgehead atoms. The lowest BCUT2D eigenvalue weighted by atomic mass is 10.4. The Kier molecular flexibility index (Phi) is 12.7. The molecule has 0 aromatic carbocycles. The van der Waals surface area contributed by atoms with Gasteiger partial charge in [-0.25, -0.2) is 0 Å². The Labute approximate surface area is 51.6 Å². The summed E-state index contributed by atoms with van der Waals surface area (Å²) < 4.78 is 0. The van der Waals surface area contributed by atoms with Crippen LogP contribution in [0.15, 0.2) is 12.3 Å². The minimum atomic E-state index is 0.750. The highest BCUT2D eigenvalue weighted by Gasteiger charge is 1.67. The van der Waals surface area contributed by atoms with Gasteiger partial charge in [0.1, 0.15) is 0 Å². The van der Waals surface area contributed by atoms with E-state index in [-0.39, 0.29) is 0 Å². The largest absolute Gasteiger partial charge is 0.403 e. The van der Waals surface area contributed by atoms with Crippen molar-refractivity contribution in [3.63, 3.8) is 0 Å². The molecule has 0 saturated carbocycles. The lowest BCUT2D eigenvalue weighted by molar-refractivity contribution is 1.08. The summed E-state index contributed by atoms with van der Waals surface area (Å²) in [5.41, 5.74) is 10.7. The lowest BCUT2D eigenvalue weighted by Crippen LogP contribution is -1.89. The van der Waals surface area contributed by atoms with E-state index in [1.807, 2.05) is 13.8 Å². The molecule has 0 aliphatic rings. The highest BCUT2D eigenvalue weighted by atomic mass is 14.5. The maximum absolute atomic E-state index is 5.10. The van der Waals surface area contributed by atoms with Crippen LogP contribution < -0.4 is 11.5 Å². The van der Waals surface area contributed by atoms with Crippen molar-refractivity contribution in [2.45, 2.75) is 20.3 Å². The maximum atomic E-state index is 5.10. The van der Waals surface area contributed by atoms with Gasteiger partial charge in [0.15, 0.2) is 0 Å². The first-order valence-electron chi connectivity index (χ1n) is 2.82. The zero-order chi connectivity index (χ0) is 6.99. The summed E-state index contributed by atoms with van der Waals surface area (Å²) in [6.07, 6.45) is 0.889. The van der Waals surface area contributed by atoms with Crippen LogP contribution in [-0.4, -0.2) is 6.54 Å². The molecule has 0 aromatic rings.